The van der Waals surface area contributed by atoms with Crippen LogP contribution in [0.2, 0.25) is 18.1 Å². The minimum Gasteiger partial charge on any atom is -0.496 e. The number of hydrogen-bond donors (Lipinski definition) is 1. The maximum atomic E-state index is 9.97. The topological polar surface area (TPSA) is 86.1 Å². The number of nitrogen functional groups attached to an aromatic ring is 1. The van der Waals surface area contributed by atoms with E-state index in [-0.39, 0.29) is 5.04 Å². The van der Waals surface area contributed by atoms with Gasteiger partial charge < -0.3 is 14.9 Å². The van der Waals surface area contributed by atoms with E-state index in [1.807, 2.05) is 36.6 Å². The molecular weight excluding hydrogens is 404 g/mol. The van der Waals surface area contributed by atoms with Crippen molar-refractivity contribution in [1.29, 1.82) is 5.26 Å². The molecule has 0 unspecified atom stereocenters. The lowest BCUT2D eigenvalue weighted by molar-refractivity contribution is 0.277. The molecule has 0 spiro atoms. The average Bonchev–Trinajstić information content (AvgIpc) is 2.98. The number of methoxy groups -OCH3 is 1. The van der Waals surface area contributed by atoms with Crippen LogP contribution in [0, 0.1) is 25.2 Å². The summed E-state index contributed by atoms with van der Waals surface area (Å²) in [5.74, 6) is 1.14. The standard InChI is InChI=1S/C24H32N4O2Si/c1-15-9-10-19(29-6)16(2)21(15)28-22(26)18(13-25)20-17(11-12-27-23(20)28)14-30-31(7,8)24(3,4)5/h9-12H,14,26H2,1-8H3. The van der Waals surface area contributed by atoms with E-state index >= 15 is 0 Å². The van der Waals surface area contributed by atoms with E-state index < -0.39 is 8.32 Å². The van der Waals surface area contributed by atoms with Gasteiger partial charge in [0, 0.05) is 17.1 Å². The van der Waals surface area contributed by atoms with Crippen LogP contribution in [0.1, 0.15) is 43.0 Å². The number of hydrogen-bond acceptors (Lipinski definition) is 5. The molecule has 31 heavy (non-hydrogen) atoms. The Hall–Kier alpha value is -2.82. The largest absolute Gasteiger partial charge is 0.496 e. The van der Waals surface area contributed by atoms with Gasteiger partial charge in [-0.05, 0) is 55.2 Å². The Labute approximate surface area is 185 Å². The Morgan fingerprint density at radius 3 is 2.45 bits per heavy atom. The average molecular weight is 437 g/mol. The summed E-state index contributed by atoms with van der Waals surface area (Å²) in [7, 11) is -0.315. The number of anilines is 1. The van der Waals surface area contributed by atoms with E-state index in [2.05, 4.69) is 44.9 Å². The van der Waals surface area contributed by atoms with Crippen molar-refractivity contribution in [3.8, 4) is 17.5 Å². The zero-order valence-corrected chi connectivity index (χ0v) is 20.8. The first-order chi connectivity index (χ1) is 14.4. The van der Waals surface area contributed by atoms with Crippen molar-refractivity contribution < 1.29 is 9.16 Å². The Bertz CT molecular complexity index is 1180. The SMILES string of the molecule is COc1ccc(C)c(-n2c(N)c(C#N)c3c(CO[Si](C)(C)C(C)(C)C)ccnc32)c1C. The maximum Gasteiger partial charge on any atom is 0.192 e. The van der Waals surface area contributed by atoms with Crippen molar-refractivity contribution >= 4 is 25.2 Å². The summed E-state index contributed by atoms with van der Waals surface area (Å²) in [4.78, 5) is 4.63. The lowest BCUT2D eigenvalue weighted by Crippen LogP contribution is -2.40. The van der Waals surface area contributed by atoms with Crippen LogP contribution in [0.3, 0.4) is 0 Å². The predicted molar refractivity (Wildman–Crippen MR) is 128 cm³/mol. The Balaban J connectivity index is 2.24. The minimum absolute atomic E-state index is 0.0942. The van der Waals surface area contributed by atoms with Crippen molar-refractivity contribution in [3.05, 3.63) is 46.6 Å². The van der Waals surface area contributed by atoms with Crippen LogP contribution in [0.25, 0.3) is 16.7 Å². The number of pyridine rings is 1. The van der Waals surface area contributed by atoms with Crippen molar-refractivity contribution in [2.24, 2.45) is 0 Å². The van der Waals surface area contributed by atoms with Gasteiger partial charge in [-0.25, -0.2) is 4.98 Å². The molecule has 2 N–H and O–H groups in total. The number of benzene rings is 1. The summed E-state index contributed by atoms with van der Waals surface area (Å²) in [6.07, 6.45) is 1.76. The third kappa shape index (κ3) is 3.82. The molecule has 0 aliphatic carbocycles. The summed E-state index contributed by atoms with van der Waals surface area (Å²) >= 11 is 0. The first-order valence-corrected chi connectivity index (χ1v) is 13.3. The van der Waals surface area contributed by atoms with Crippen molar-refractivity contribution in [2.45, 2.75) is 59.4 Å². The first-order valence-electron chi connectivity index (χ1n) is 10.4. The van der Waals surface area contributed by atoms with E-state index in [0.717, 1.165) is 33.5 Å². The molecular formula is C24H32N4O2Si. The van der Waals surface area contributed by atoms with Crippen molar-refractivity contribution in [3.63, 3.8) is 0 Å². The molecule has 0 radical (unpaired) electrons. The van der Waals surface area contributed by atoms with Gasteiger partial charge in [0.15, 0.2) is 8.32 Å². The van der Waals surface area contributed by atoms with Gasteiger partial charge in [-0.1, -0.05) is 26.8 Å². The second kappa shape index (κ2) is 8.02. The predicted octanol–water partition coefficient (Wildman–Crippen LogP) is 5.63. The molecule has 3 rings (SSSR count). The van der Waals surface area contributed by atoms with Gasteiger partial charge in [0.05, 0.1) is 19.4 Å². The number of nitrogens with zero attached hydrogens (tertiary/aromatic N) is 3. The Morgan fingerprint density at radius 2 is 1.87 bits per heavy atom. The minimum atomic E-state index is -1.96. The van der Waals surface area contributed by atoms with E-state index in [4.69, 9.17) is 14.9 Å². The summed E-state index contributed by atoms with van der Waals surface area (Å²) in [6.45, 7) is 15.5. The van der Waals surface area contributed by atoms with E-state index in [0.29, 0.717) is 23.6 Å². The van der Waals surface area contributed by atoms with Gasteiger partial charge in [-0.2, -0.15) is 5.26 Å². The van der Waals surface area contributed by atoms with Gasteiger partial charge in [-0.3, -0.25) is 4.57 Å². The summed E-state index contributed by atoms with van der Waals surface area (Å²) in [5, 5.41) is 10.8. The van der Waals surface area contributed by atoms with Crippen LogP contribution in [0.4, 0.5) is 5.82 Å². The fourth-order valence-electron chi connectivity index (χ4n) is 3.60. The maximum absolute atomic E-state index is 9.97. The van der Waals surface area contributed by atoms with E-state index in [9.17, 15) is 5.26 Å². The molecule has 0 amide bonds. The van der Waals surface area contributed by atoms with Gasteiger partial charge in [0.2, 0.25) is 0 Å². The van der Waals surface area contributed by atoms with Crippen LogP contribution in [0.5, 0.6) is 5.75 Å². The molecule has 2 heterocycles. The molecule has 0 aliphatic heterocycles. The molecule has 0 fully saturated rings. The van der Waals surface area contributed by atoms with Crippen LogP contribution in [0.15, 0.2) is 24.4 Å². The monoisotopic (exact) mass is 436 g/mol. The Morgan fingerprint density at radius 1 is 1.19 bits per heavy atom. The molecule has 0 bridgehead atoms. The molecule has 7 heteroatoms. The third-order valence-corrected chi connectivity index (χ3v) is 11.0. The van der Waals surface area contributed by atoms with Gasteiger partial charge in [0.25, 0.3) is 0 Å². The fraction of sp³-hybridized carbons (Fsp3) is 0.417. The molecule has 1 aromatic carbocycles. The third-order valence-electron chi connectivity index (χ3n) is 6.51. The van der Waals surface area contributed by atoms with E-state index in [1.165, 1.54) is 0 Å². The normalized spacial score (nSPS) is 12.2. The van der Waals surface area contributed by atoms with Crippen LogP contribution >= 0.6 is 0 Å². The summed E-state index contributed by atoms with van der Waals surface area (Å²) in [5.41, 5.74) is 11.4. The van der Waals surface area contributed by atoms with E-state index in [1.54, 1.807) is 13.3 Å². The van der Waals surface area contributed by atoms with Gasteiger partial charge in [0.1, 0.15) is 28.8 Å². The lowest BCUT2D eigenvalue weighted by Gasteiger charge is -2.36. The molecule has 0 saturated carbocycles. The van der Waals surface area contributed by atoms with Crippen molar-refractivity contribution in [2.75, 3.05) is 12.8 Å². The van der Waals surface area contributed by atoms with Crippen LogP contribution in [-0.4, -0.2) is 25.0 Å². The van der Waals surface area contributed by atoms with Crippen LogP contribution in [-0.2, 0) is 11.0 Å². The Kier molecular flexibility index (Phi) is 5.91. The fourth-order valence-corrected chi connectivity index (χ4v) is 4.55. The highest BCUT2D eigenvalue weighted by molar-refractivity contribution is 6.74. The second-order valence-corrected chi connectivity index (χ2v) is 14.3. The molecule has 0 saturated heterocycles. The molecule has 0 atom stereocenters. The molecule has 164 valence electrons. The number of nitrogens with two attached hydrogens (primary N) is 1. The number of nitriles is 1. The lowest BCUT2D eigenvalue weighted by atomic mass is 10.1. The van der Waals surface area contributed by atoms with Crippen LogP contribution < -0.4 is 10.5 Å². The summed E-state index contributed by atoms with van der Waals surface area (Å²) in [6, 6.07) is 8.15. The number of aromatic nitrogens is 2. The molecule has 3 aromatic rings. The highest BCUT2D eigenvalue weighted by atomic mass is 28.4. The number of ether oxygens (including phenoxy) is 1. The highest BCUT2D eigenvalue weighted by Crippen LogP contribution is 2.39. The van der Waals surface area contributed by atoms with Gasteiger partial charge in [-0.15, -0.1) is 0 Å². The number of fused-ring (bicyclic) bond motifs is 1. The molecule has 6 nitrogen and oxygen atoms in total. The number of rotatable bonds is 5. The zero-order chi connectivity index (χ0) is 23.1. The summed E-state index contributed by atoms with van der Waals surface area (Å²) < 4.78 is 13.9. The quantitative estimate of drug-likeness (QED) is 0.524. The number of aryl methyl sites for hydroxylation is 1. The first kappa shape index (κ1) is 22.9. The van der Waals surface area contributed by atoms with Gasteiger partial charge >= 0.3 is 0 Å². The highest BCUT2D eigenvalue weighted by Gasteiger charge is 2.37. The molecule has 2 aromatic heterocycles. The smallest absolute Gasteiger partial charge is 0.192 e. The zero-order valence-electron chi connectivity index (χ0n) is 19.8. The molecule has 0 aliphatic rings. The second-order valence-electron chi connectivity index (χ2n) is 9.48. The van der Waals surface area contributed by atoms with Crippen molar-refractivity contribution in [1.82, 2.24) is 9.55 Å².